The Morgan fingerprint density at radius 1 is 1.03 bits per heavy atom. The number of amides is 2. The Bertz CT molecular complexity index is 746. The van der Waals surface area contributed by atoms with Crippen LogP contribution in [0.15, 0.2) is 30.3 Å². The molecule has 0 radical (unpaired) electrons. The first-order valence-electron chi connectivity index (χ1n) is 12.5. The van der Waals surface area contributed by atoms with Gasteiger partial charge in [-0.3, -0.25) is 14.5 Å². The summed E-state index contributed by atoms with van der Waals surface area (Å²) in [7, 11) is 0. The van der Waals surface area contributed by atoms with Crippen molar-refractivity contribution >= 4 is 11.8 Å². The summed E-state index contributed by atoms with van der Waals surface area (Å²) in [6.07, 6.45) is 7.34. The summed E-state index contributed by atoms with van der Waals surface area (Å²) in [5.41, 5.74) is 0.800. The normalized spacial score (nSPS) is 28.1. The van der Waals surface area contributed by atoms with Gasteiger partial charge in [0.1, 0.15) is 0 Å². The van der Waals surface area contributed by atoms with Gasteiger partial charge in [0, 0.05) is 43.7 Å². The predicted octanol–water partition coefficient (Wildman–Crippen LogP) is 4.04. The summed E-state index contributed by atoms with van der Waals surface area (Å²) >= 11 is 0. The van der Waals surface area contributed by atoms with Gasteiger partial charge in [-0.2, -0.15) is 0 Å². The lowest BCUT2D eigenvalue weighted by atomic mass is 9.69. The standard InChI is InChI=1S/C26H39N3O2/c1-3-27(4-2)24(30)16-8-15-23-22-14-10-18-28-17-9-13-21(25(22)28)19-29(23)26(31)20-11-6-5-7-12-20/h5-7,11-12,21-23,25H,3-4,8-10,13-19H2,1-2H3/t21-,22+,23+,25-/m0/s1. The Morgan fingerprint density at radius 3 is 2.45 bits per heavy atom. The van der Waals surface area contributed by atoms with E-state index >= 15 is 0 Å². The first kappa shape index (κ1) is 22.3. The van der Waals surface area contributed by atoms with Crippen molar-refractivity contribution in [1.82, 2.24) is 14.7 Å². The van der Waals surface area contributed by atoms with Crippen LogP contribution in [0, 0.1) is 11.8 Å². The maximum atomic E-state index is 13.6. The lowest BCUT2D eigenvalue weighted by molar-refractivity contribution is -0.131. The molecular weight excluding hydrogens is 386 g/mol. The van der Waals surface area contributed by atoms with E-state index in [1.165, 1.54) is 38.8 Å². The lowest BCUT2D eigenvalue weighted by Crippen LogP contribution is -2.65. The fourth-order valence-electron chi connectivity index (χ4n) is 6.54. The molecule has 0 unspecified atom stereocenters. The second-order valence-corrected chi connectivity index (χ2v) is 9.58. The molecule has 0 spiro atoms. The van der Waals surface area contributed by atoms with E-state index in [2.05, 4.69) is 9.80 Å². The molecule has 3 aliphatic rings. The van der Waals surface area contributed by atoms with Crippen LogP contribution in [0.4, 0.5) is 0 Å². The fourth-order valence-corrected chi connectivity index (χ4v) is 6.54. The highest BCUT2D eigenvalue weighted by molar-refractivity contribution is 5.94. The molecule has 3 aliphatic heterocycles. The Labute approximate surface area is 187 Å². The average Bonchev–Trinajstić information content (AvgIpc) is 2.81. The second-order valence-electron chi connectivity index (χ2n) is 9.58. The van der Waals surface area contributed by atoms with E-state index in [0.29, 0.717) is 24.3 Å². The van der Waals surface area contributed by atoms with Crippen LogP contribution >= 0.6 is 0 Å². The van der Waals surface area contributed by atoms with Gasteiger partial charge >= 0.3 is 0 Å². The van der Waals surface area contributed by atoms with Crippen molar-refractivity contribution in [2.24, 2.45) is 11.8 Å². The summed E-state index contributed by atoms with van der Waals surface area (Å²) in [6, 6.07) is 10.7. The number of nitrogens with zero attached hydrogens (tertiary/aromatic N) is 3. The van der Waals surface area contributed by atoms with Crippen LogP contribution in [0.5, 0.6) is 0 Å². The van der Waals surface area contributed by atoms with Crippen molar-refractivity contribution in [2.75, 3.05) is 32.7 Å². The zero-order valence-corrected chi connectivity index (χ0v) is 19.3. The first-order valence-corrected chi connectivity index (χ1v) is 12.5. The SMILES string of the molecule is CCN(CC)C(=O)CCC[C@@H]1[C@H]2CCCN3CCC[C@@H](CN1C(=O)c1ccccc1)[C@@H]23. The highest BCUT2D eigenvalue weighted by Gasteiger charge is 2.49. The Kier molecular flexibility index (Phi) is 7.31. The molecule has 4 atom stereocenters. The van der Waals surface area contributed by atoms with Gasteiger partial charge in [0.2, 0.25) is 5.91 Å². The number of carbonyl (C=O) groups is 2. The third-order valence-corrected chi connectivity index (χ3v) is 7.96. The molecule has 4 rings (SSSR count). The van der Waals surface area contributed by atoms with Crippen LogP contribution in [0.25, 0.3) is 0 Å². The maximum Gasteiger partial charge on any atom is 0.254 e. The largest absolute Gasteiger partial charge is 0.343 e. The molecule has 1 aromatic carbocycles. The molecule has 0 saturated carbocycles. The van der Waals surface area contributed by atoms with Gasteiger partial charge in [0.05, 0.1) is 0 Å². The van der Waals surface area contributed by atoms with Crippen LogP contribution in [-0.4, -0.2) is 71.3 Å². The Hall–Kier alpha value is -1.88. The molecule has 0 N–H and O–H groups in total. The zero-order valence-electron chi connectivity index (χ0n) is 19.3. The van der Waals surface area contributed by atoms with E-state index in [9.17, 15) is 9.59 Å². The summed E-state index contributed by atoms with van der Waals surface area (Å²) < 4.78 is 0. The van der Waals surface area contributed by atoms with Crippen molar-refractivity contribution in [3.63, 3.8) is 0 Å². The third-order valence-electron chi connectivity index (χ3n) is 7.96. The van der Waals surface area contributed by atoms with E-state index < -0.39 is 0 Å². The third kappa shape index (κ3) is 4.67. The molecule has 5 heteroatoms. The van der Waals surface area contributed by atoms with Crippen LogP contribution in [0.2, 0.25) is 0 Å². The van der Waals surface area contributed by atoms with Gasteiger partial charge in [0.25, 0.3) is 5.91 Å². The van der Waals surface area contributed by atoms with Gasteiger partial charge in [0.15, 0.2) is 0 Å². The smallest absolute Gasteiger partial charge is 0.254 e. The van der Waals surface area contributed by atoms with Gasteiger partial charge in [-0.25, -0.2) is 0 Å². The highest BCUT2D eigenvalue weighted by atomic mass is 16.2. The van der Waals surface area contributed by atoms with Crippen LogP contribution in [0.3, 0.4) is 0 Å². The molecule has 31 heavy (non-hydrogen) atoms. The van der Waals surface area contributed by atoms with Crippen LogP contribution < -0.4 is 0 Å². The second kappa shape index (κ2) is 10.2. The number of carbonyl (C=O) groups excluding carboxylic acids is 2. The van der Waals surface area contributed by atoms with Crippen molar-refractivity contribution in [1.29, 1.82) is 0 Å². The summed E-state index contributed by atoms with van der Waals surface area (Å²) in [5, 5.41) is 0. The first-order chi connectivity index (χ1) is 15.1. The quantitative estimate of drug-likeness (QED) is 0.662. The molecule has 5 nitrogen and oxygen atoms in total. The van der Waals surface area contributed by atoms with Crippen LogP contribution in [-0.2, 0) is 4.79 Å². The van der Waals surface area contributed by atoms with E-state index in [1.54, 1.807) is 0 Å². The Balaban J connectivity index is 1.53. The lowest BCUT2D eigenvalue weighted by Gasteiger charge is -2.57. The fraction of sp³-hybridized carbons (Fsp3) is 0.692. The molecule has 3 heterocycles. The molecule has 0 aromatic heterocycles. The molecule has 2 amide bonds. The van der Waals surface area contributed by atoms with Gasteiger partial charge in [-0.15, -0.1) is 0 Å². The number of rotatable bonds is 7. The number of piperidine rings is 3. The minimum atomic E-state index is 0.182. The molecule has 170 valence electrons. The molecule has 1 aromatic rings. The molecular formula is C26H39N3O2. The maximum absolute atomic E-state index is 13.6. The molecule has 3 fully saturated rings. The molecule has 0 aliphatic carbocycles. The minimum Gasteiger partial charge on any atom is -0.343 e. The van der Waals surface area contributed by atoms with E-state index in [-0.39, 0.29) is 17.9 Å². The van der Waals surface area contributed by atoms with Crippen molar-refractivity contribution in [3.05, 3.63) is 35.9 Å². The summed E-state index contributed by atoms with van der Waals surface area (Å²) in [4.78, 5) is 33.0. The molecule has 0 bridgehead atoms. The zero-order chi connectivity index (χ0) is 21.8. The number of benzene rings is 1. The van der Waals surface area contributed by atoms with E-state index in [0.717, 1.165) is 38.0 Å². The van der Waals surface area contributed by atoms with Gasteiger partial charge in [-0.1, -0.05) is 18.2 Å². The predicted molar refractivity (Wildman–Crippen MR) is 124 cm³/mol. The van der Waals surface area contributed by atoms with Crippen molar-refractivity contribution in [3.8, 4) is 0 Å². The summed E-state index contributed by atoms with van der Waals surface area (Å²) in [6.45, 7) is 8.96. The van der Waals surface area contributed by atoms with Gasteiger partial charge < -0.3 is 9.80 Å². The monoisotopic (exact) mass is 425 g/mol. The number of likely N-dealkylation sites (tertiary alicyclic amines) is 1. The van der Waals surface area contributed by atoms with E-state index in [4.69, 9.17) is 0 Å². The van der Waals surface area contributed by atoms with E-state index in [1.807, 2.05) is 49.1 Å². The summed E-state index contributed by atoms with van der Waals surface area (Å²) in [5.74, 6) is 1.58. The number of hydrogen-bond acceptors (Lipinski definition) is 3. The Morgan fingerprint density at radius 2 is 1.74 bits per heavy atom. The topological polar surface area (TPSA) is 43.9 Å². The highest BCUT2D eigenvalue weighted by Crippen LogP contribution is 2.43. The minimum absolute atomic E-state index is 0.182. The van der Waals surface area contributed by atoms with Crippen molar-refractivity contribution < 1.29 is 9.59 Å². The van der Waals surface area contributed by atoms with Crippen molar-refractivity contribution in [2.45, 2.75) is 70.9 Å². The van der Waals surface area contributed by atoms with Gasteiger partial charge in [-0.05, 0) is 89.4 Å². The molecule has 3 saturated heterocycles. The number of hydrogen-bond donors (Lipinski definition) is 0. The average molecular weight is 426 g/mol. The van der Waals surface area contributed by atoms with Crippen LogP contribution in [0.1, 0.15) is 69.2 Å².